The second kappa shape index (κ2) is 5.71. The van der Waals surface area contributed by atoms with Crippen molar-refractivity contribution in [1.82, 2.24) is 0 Å². The molecule has 0 saturated heterocycles. The van der Waals surface area contributed by atoms with E-state index in [-0.39, 0.29) is 6.04 Å². The molecule has 0 saturated carbocycles. The molecule has 3 atom stereocenters. The first-order chi connectivity index (χ1) is 11.7. The van der Waals surface area contributed by atoms with Crippen LogP contribution in [0.25, 0.3) is 0 Å². The molecule has 0 spiro atoms. The molecule has 0 unspecified atom stereocenters. The Morgan fingerprint density at radius 1 is 1.21 bits per heavy atom. The fourth-order valence-corrected chi connectivity index (χ4v) is 3.93. The number of allylic oxidation sites excluding steroid dienone is 2. The summed E-state index contributed by atoms with van der Waals surface area (Å²) in [5, 5.41) is 12.7. The Hall–Kier alpha value is -2.75. The summed E-state index contributed by atoms with van der Waals surface area (Å²) >= 11 is 0. The number of carbonyl (C=O) groups is 1. The van der Waals surface area contributed by atoms with Gasteiger partial charge < -0.3 is 15.2 Å². The van der Waals surface area contributed by atoms with Gasteiger partial charge in [0.05, 0.1) is 24.4 Å². The molecule has 0 fully saturated rings. The molecule has 1 aliphatic heterocycles. The third-order valence-corrected chi connectivity index (χ3v) is 5.10. The van der Waals surface area contributed by atoms with Crippen molar-refractivity contribution in [2.24, 2.45) is 5.92 Å². The van der Waals surface area contributed by atoms with Gasteiger partial charge in [0.2, 0.25) is 0 Å². The van der Waals surface area contributed by atoms with Crippen molar-refractivity contribution in [3.05, 3.63) is 71.3 Å². The number of carboxylic acids is 1. The summed E-state index contributed by atoms with van der Waals surface area (Å²) in [7, 11) is 1.69. The molecule has 1 aliphatic carbocycles. The number of nitrogens with one attached hydrogen (secondary N) is 1. The standard InChI is InChI=1S/C20H19NO3/c1-24-17-7-3-6-16-14-4-2-5-15(14)18(21-19(16)17)12-8-10-13(11-9-12)20(22)23/h2-4,6-11,14-15,18,21H,5H2,1H3,(H,22,23)/t14-,15+,18-/m0/s1. The van der Waals surface area contributed by atoms with E-state index >= 15 is 0 Å². The topological polar surface area (TPSA) is 58.6 Å². The largest absolute Gasteiger partial charge is 0.495 e. The average molecular weight is 321 g/mol. The smallest absolute Gasteiger partial charge is 0.335 e. The van der Waals surface area contributed by atoms with Gasteiger partial charge in [-0.25, -0.2) is 4.79 Å². The van der Waals surface area contributed by atoms with Crippen LogP contribution in [0, 0.1) is 5.92 Å². The summed E-state index contributed by atoms with van der Waals surface area (Å²) in [4.78, 5) is 11.1. The lowest BCUT2D eigenvalue weighted by atomic mass is 9.77. The van der Waals surface area contributed by atoms with Gasteiger partial charge >= 0.3 is 5.97 Å². The van der Waals surface area contributed by atoms with Crippen LogP contribution in [0.1, 0.15) is 39.9 Å². The van der Waals surface area contributed by atoms with Gasteiger partial charge in [0, 0.05) is 5.92 Å². The van der Waals surface area contributed by atoms with Crippen molar-refractivity contribution in [2.75, 3.05) is 12.4 Å². The number of benzene rings is 2. The molecule has 4 nitrogen and oxygen atoms in total. The molecule has 1 heterocycles. The SMILES string of the molecule is COc1cccc2c1N[C@@H](c1ccc(C(=O)O)cc1)[C@@H]1CC=C[C@H]21. The number of anilines is 1. The van der Waals surface area contributed by atoms with Crippen LogP contribution in [-0.2, 0) is 0 Å². The highest BCUT2D eigenvalue weighted by Crippen LogP contribution is 2.52. The van der Waals surface area contributed by atoms with E-state index in [0.717, 1.165) is 23.4 Å². The molecule has 122 valence electrons. The van der Waals surface area contributed by atoms with Gasteiger partial charge in [0.1, 0.15) is 5.75 Å². The van der Waals surface area contributed by atoms with Crippen LogP contribution in [0.3, 0.4) is 0 Å². The number of rotatable bonds is 3. The van der Waals surface area contributed by atoms with Crippen molar-refractivity contribution < 1.29 is 14.6 Å². The molecule has 2 aliphatic rings. The minimum Gasteiger partial charge on any atom is -0.495 e. The third kappa shape index (κ3) is 2.26. The van der Waals surface area contributed by atoms with E-state index in [1.165, 1.54) is 5.56 Å². The zero-order chi connectivity index (χ0) is 16.7. The van der Waals surface area contributed by atoms with Gasteiger partial charge in [-0.15, -0.1) is 0 Å². The minimum absolute atomic E-state index is 0.136. The Kier molecular flexibility index (Phi) is 3.53. The number of hydrogen-bond acceptors (Lipinski definition) is 3. The molecular formula is C20H19NO3. The maximum Gasteiger partial charge on any atom is 0.335 e. The van der Waals surface area contributed by atoms with E-state index in [0.29, 0.717) is 17.4 Å². The van der Waals surface area contributed by atoms with E-state index in [2.05, 4.69) is 23.5 Å². The number of methoxy groups -OCH3 is 1. The van der Waals surface area contributed by atoms with Crippen molar-refractivity contribution in [2.45, 2.75) is 18.4 Å². The summed E-state index contributed by atoms with van der Waals surface area (Å²) in [5.41, 5.74) is 3.73. The molecule has 0 radical (unpaired) electrons. The van der Waals surface area contributed by atoms with Crippen molar-refractivity contribution in [3.63, 3.8) is 0 Å². The maximum absolute atomic E-state index is 11.1. The lowest BCUT2D eigenvalue weighted by molar-refractivity contribution is 0.0697. The molecule has 4 heteroatoms. The van der Waals surface area contributed by atoms with Crippen LogP contribution < -0.4 is 10.1 Å². The third-order valence-electron chi connectivity index (χ3n) is 5.10. The second-order valence-corrected chi connectivity index (χ2v) is 6.33. The second-order valence-electron chi connectivity index (χ2n) is 6.33. The highest BCUT2D eigenvalue weighted by atomic mass is 16.5. The van der Waals surface area contributed by atoms with E-state index in [1.807, 2.05) is 24.3 Å². The fourth-order valence-electron chi connectivity index (χ4n) is 3.93. The molecule has 0 bridgehead atoms. The lowest BCUT2D eigenvalue weighted by Gasteiger charge is -2.38. The molecule has 0 aromatic heterocycles. The van der Waals surface area contributed by atoms with Gasteiger partial charge in [0.25, 0.3) is 0 Å². The molecule has 0 amide bonds. The van der Waals surface area contributed by atoms with E-state index in [4.69, 9.17) is 9.84 Å². The molecule has 2 N–H and O–H groups in total. The Morgan fingerprint density at radius 2 is 2.00 bits per heavy atom. The fraction of sp³-hybridized carbons (Fsp3) is 0.250. The van der Waals surface area contributed by atoms with Gasteiger partial charge in [-0.1, -0.05) is 36.4 Å². The van der Waals surface area contributed by atoms with Crippen molar-refractivity contribution >= 4 is 11.7 Å². The first-order valence-electron chi connectivity index (χ1n) is 8.12. The number of ether oxygens (including phenoxy) is 1. The molecule has 24 heavy (non-hydrogen) atoms. The molecule has 2 aromatic rings. The summed E-state index contributed by atoms with van der Waals surface area (Å²) in [5.74, 6) is 0.741. The quantitative estimate of drug-likeness (QED) is 0.831. The first kappa shape index (κ1) is 14.8. The Morgan fingerprint density at radius 3 is 2.71 bits per heavy atom. The molecular weight excluding hydrogens is 302 g/mol. The van der Waals surface area contributed by atoms with Crippen LogP contribution in [0.4, 0.5) is 5.69 Å². The number of aromatic carboxylic acids is 1. The Balaban J connectivity index is 1.76. The zero-order valence-electron chi connectivity index (χ0n) is 13.4. The number of hydrogen-bond donors (Lipinski definition) is 2. The van der Waals surface area contributed by atoms with Gasteiger partial charge in [0.15, 0.2) is 0 Å². The van der Waals surface area contributed by atoms with Crippen LogP contribution in [0.15, 0.2) is 54.6 Å². The van der Waals surface area contributed by atoms with E-state index in [9.17, 15) is 4.79 Å². The number of para-hydroxylation sites is 1. The predicted molar refractivity (Wildman–Crippen MR) is 92.7 cm³/mol. The van der Waals surface area contributed by atoms with Gasteiger partial charge in [-0.3, -0.25) is 0 Å². The normalized spacial score (nSPS) is 24.0. The van der Waals surface area contributed by atoms with Gasteiger partial charge in [-0.2, -0.15) is 0 Å². The van der Waals surface area contributed by atoms with Crippen molar-refractivity contribution in [1.29, 1.82) is 0 Å². The summed E-state index contributed by atoms with van der Waals surface area (Å²) in [6.07, 6.45) is 5.53. The highest BCUT2D eigenvalue weighted by Gasteiger charge is 2.38. The lowest BCUT2D eigenvalue weighted by Crippen LogP contribution is -2.29. The number of fused-ring (bicyclic) bond motifs is 3. The average Bonchev–Trinajstić information content (AvgIpc) is 3.10. The zero-order valence-corrected chi connectivity index (χ0v) is 13.4. The highest BCUT2D eigenvalue weighted by molar-refractivity contribution is 5.87. The predicted octanol–water partition coefficient (Wildman–Crippen LogP) is 4.22. The molecule has 4 rings (SSSR count). The van der Waals surface area contributed by atoms with Crippen LogP contribution in [-0.4, -0.2) is 18.2 Å². The minimum atomic E-state index is -0.898. The maximum atomic E-state index is 11.1. The summed E-state index contributed by atoms with van der Waals surface area (Å²) in [6.45, 7) is 0. The van der Waals surface area contributed by atoms with Crippen LogP contribution in [0.5, 0.6) is 5.75 Å². The Labute approximate surface area is 140 Å². The van der Waals surface area contributed by atoms with Gasteiger partial charge in [-0.05, 0) is 41.7 Å². The Bertz CT molecular complexity index is 810. The summed E-state index contributed by atoms with van der Waals surface area (Å²) < 4.78 is 5.53. The van der Waals surface area contributed by atoms with E-state index in [1.54, 1.807) is 19.2 Å². The molecule has 2 aromatic carbocycles. The first-order valence-corrected chi connectivity index (χ1v) is 8.12. The van der Waals surface area contributed by atoms with Crippen LogP contribution in [0.2, 0.25) is 0 Å². The monoisotopic (exact) mass is 321 g/mol. The summed E-state index contributed by atoms with van der Waals surface area (Å²) in [6, 6.07) is 13.5. The number of carboxylic acid groups (broad SMARTS) is 1. The van der Waals surface area contributed by atoms with Crippen LogP contribution >= 0.6 is 0 Å². The van der Waals surface area contributed by atoms with Crippen molar-refractivity contribution in [3.8, 4) is 5.75 Å². The van der Waals surface area contributed by atoms with E-state index < -0.39 is 5.97 Å².